The first kappa shape index (κ1) is 26.1. The van der Waals surface area contributed by atoms with Gasteiger partial charge in [0.15, 0.2) is 6.10 Å². The Kier molecular flexibility index (Phi) is 7.48. The molecular weight excluding hydrogens is 490 g/mol. The fourth-order valence-corrected chi connectivity index (χ4v) is 3.79. The van der Waals surface area contributed by atoms with Crippen molar-refractivity contribution in [3.05, 3.63) is 48.0 Å². The number of carbonyl (C=O) groups excluding carboxylic acids is 1. The Morgan fingerprint density at radius 2 is 1.91 bits per heavy atom. The quantitative estimate of drug-likeness (QED) is 0.447. The Bertz CT molecular complexity index is 1380. The molecule has 3 rings (SSSR count). The number of aromatic nitrogens is 2. The van der Waals surface area contributed by atoms with E-state index in [1.165, 1.54) is 31.8 Å². The first-order valence-corrected chi connectivity index (χ1v) is 12.6. The van der Waals surface area contributed by atoms with Crippen molar-refractivity contribution in [2.75, 3.05) is 24.4 Å². The van der Waals surface area contributed by atoms with E-state index in [9.17, 15) is 26.6 Å². The molecule has 35 heavy (non-hydrogen) atoms. The molecule has 13 heteroatoms. The Hall–Kier alpha value is -3.48. The maximum absolute atomic E-state index is 13.9. The number of alkyl halides is 3. The molecule has 1 heterocycles. The van der Waals surface area contributed by atoms with Crippen molar-refractivity contribution in [3.63, 3.8) is 0 Å². The van der Waals surface area contributed by atoms with E-state index in [1.54, 1.807) is 24.4 Å². The van der Waals surface area contributed by atoms with Gasteiger partial charge in [0, 0.05) is 33.7 Å². The Morgan fingerprint density at radius 3 is 2.57 bits per heavy atom. The standard InChI is InChI=1S/C22H23F4N5O3S/c1-12-7-15(31-35(3,4)33)9-17-19(12)20(29-11-28-17)30-16-6-5-14(23)8-18(16)34-13(2)21(32)27-10-22(24,25)26/h5-9,11,13H,10H2,1-4H3,(H,27,32)(H,28,29,30)/t13-/m1/s1. The minimum absolute atomic E-state index is 0.104. The number of hydrogen-bond donors (Lipinski definition) is 2. The van der Waals surface area contributed by atoms with Crippen LogP contribution in [0.1, 0.15) is 12.5 Å². The predicted octanol–water partition coefficient (Wildman–Crippen LogP) is 4.63. The highest BCUT2D eigenvalue weighted by molar-refractivity contribution is 7.92. The lowest BCUT2D eigenvalue weighted by Gasteiger charge is -2.19. The lowest BCUT2D eigenvalue weighted by molar-refractivity contribution is -0.142. The summed E-state index contributed by atoms with van der Waals surface area (Å²) in [4.78, 5) is 20.5. The van der Waals surface area contributed by atoms with E-state index in [0.717, 1.165) is 17.7 Å². The summed E-state index contributed by atoms with van der Waals surface area (Å²) in [5.41, 5.74) is 1.94. The van der Waals surface area contributed by atoms with Gasteiger partial charge in [0.25, 0.3) is 5.91 Å². The van der Waals surface area contributed by atoms with E-state index in [-0.39, 0.29) is 11.4 Å². The zero-order valence-corrected chi connectivity index (χ0v) is 20.1. The lowest BCUT2D eigenvalue weighted by Crippen LogP contribution is -2.41. The first-order chi connectivity index (χ1) is 16.2. The van der Waals surface area contributed by atoms with Crippen molar-refractivity contribution in [3.8, 4) is 5.75 Å². The minimum atomic E-state index is -4.58. The Balaban J connectivity index is 1.93. The second-order valence-corrected chi connectivity index (χ2v) is 10.6. The number of fused-ring (bicyclic) bond motifs is 1. The van der Waals surface area contributed by atoms with Crippen LogP contribution in [-0.4, -0.2) is 51.4 Å². The number of carbonyl (C=O) groups is 1. The molecule has 1 atom stereocenters. The molecule has 0 aliphatic rings. The summed E-state index contributed by atoms with van der Waals surface area (Å²) in [6.07, 6.45) is -1.60. The number of ether oxygens (including phenoxy) is 1. The summed E-state index contributed by atoms with van der Waals surface area (Å²) >= 11 is 0. The summed E-state index contributed by atoms with van der Waals surface area (Å²) < 4.78 is 72.8. The van der Waals surface area contributed by atoms with Gasteiger partial charge in [-0.25, -0.2) is 18.6 Å². The van der Waals surface area contributed by atoms with Crippen molar-refractivity contribution in [1.82, 2.24) is 15.3 Å². The molecule has 1 amide bonds. The number of amides is 1. The predicted molar refractivity (Wildman–Crippen MR) is 125 cm³/mol. The minimum Gasteiger partial charge on any atom is -0.479 e. The van der Waals surface area contributed by atoms with Gasteiger partial charge in [-0.1, -0.05) is 0 Å². The highest BCUT2D eigenvalue weighted by atomic mass is 32.2. The fourth-order valence-electron chi connectivity index (χ4n) is 3.17. The van der Waals surface area contributed by atoms with Gasteiger partial charge in [-0.2, -0.15) is 17.5 Å². The largest absolute Gasteiger partial charge is 0.479 e. The van der Waals surface area contributed by atoms with Gasteiger partial charge in [0.1, 0.15) is 30.3 Å². The van der Waals surface area contributed by atoms with Gasteiger partial charge >= 0.3 is 6.18 Å². The highest BCUT2D eigenvalue weighted by Gasteiger charge is 2.29. The molecule has 2 N–H and O–H groups in total. The van der Waals surface area contributed by atoms with Gasteiger partial charge in [-0.15, -0.1) is 0 Å². The van der Waals surface area contributed by atoms with Gasteiger partial charge in [0.2, 0.25) is 0 Å². The molecule has 0 aliphatic carbocycles. The van der Waals surface area contributed by atoms with Crippen LogP contribution in [0.3, 0.4) is 0 Å². The molecule has 2 aromatic carbocycles. The molecule has 0 saturated carbocycles. The smallest absolute Gasteiger partial charge is 0.405 e. The summed E-state index contributed by atoms with van der Waals surface area (Å²) in [7, 11) is -2.39. The molecule has 0 unspecified atom stereocenters. The molecule has 0 spiro atoms. The molecule has 0 bridgehead atoms. The average molecular weight is 514 g/mol. The number of nitrogens with zero attached hydrogens (tertiary/aromatic N) is 3. The number of hydrogen-bond acceptors (Lipinski definition) is 7. The highest BCUT2D eigenvalue weighted by Crippen LogP contribution is 2.34. The van der Waals surface area contributed by atoms with Crippen molar-refractivity contribution in [2.45, 2.75) is 26.1 Å². The topological polar surface area (TPSA) is 106 Å². The van der Waals surface area contributed by atoms with Crippen LogP contribution >= 0.6 is 0 Å². The van der Waals surface area contributed by atoms with Gasteiger partial charge in [-0.3, -0.25) is 4.79 Å². The summed E-state index contributed by atoms with van der Waals surface area (Å²) in [6, 6.07) is 6.87. The zero-order valence-electron chi connectivity index (χ0n) is 19.2. The molecule has 0 aliphatic heterocycles. The number of halogens is 4. The van der Waals surface area contributed by atoms with E-state index in [4.69, 9.17) is 4.74 Å². The van der Waals surface area contributed by atoms with Crippen LogP contribution in [0.15, 0.2) is 41.0 Å². The van der Waals surface area contributed by atoms with Crippen LogP contribution < -0.4 is 15.4 Å². The van der Waals surface area contributed by atoms with Crippen molar-refractivity contribution in [2.24, 2.45) is 4.36 Å². The maximum Gasteiger partial charge on any atom is 0.405 e. The number of benzene rings is 2. The molecular formula is C22H23F4N5O3S. The molecule has 188 valence electrons. The van der Waals surface area contributed by atoms with E-state index in [0.29, 0.717) is 22.4 Å². The molecule has 0 fully saturated rings. The average Bonchev–Trinajstić information content (AvgIpc) is 2.72. The van der Waals surface area contributed by atoms with Crippen LogP contribution in [-0.2, 0) is 14.5 Å². The summed E-state index contributed by atoms with van der Waals surface area (Å²) in [6.45, 7) is 1.52. The van der Waals surface area contributed by atoms with Crippen molar-refractivity contribution >= 4 is 43.7 Å². The third kappa shape index (κ3) is 7.25. The van der Waals surface area contributed by atoms with Gasteiger partial charge in [-0.05, 0) is 43.7 Å². The summed E-state index contributed by atoms with van der Waals surface area (Å²) in [5, 5.41) is 5.34. The monoisotopic (exact) mass is 513 g/mol. The molecule has 3 aromatic rings. The van der Waals surface area contributed by atoms with Crippen LogP contribution in [0.5, 0.6) is 5.75 Å². The summed E-state index contributed by atoms with van der Waals surface area (Å²) in [5.74, 6) is -1.46. The number of nitrogens with one attached hydrogen (secondary N) is 2. The van der Waals surface area contributed by atoms with Crippen LogP contribution in [0.25, 0.3) is 10.9 Å². The van der Waals surface area contributed by atoms with E-state index < -0.39 is 40.3 Å². The first-order valence-electron chi connectivity index (χ1n) is 10.2. The second kappa shape index (κ2) is 10.0. The van der Waals surface area contributed by atoms with E-state index in [2.05, 4.69) is 19.6 Å². The van der Waals surface area contributed by atoms with Crippen molar-refractivity contribution < 1.29 is 31.3 Å². The molecule has 8 nitrogen and oxygen atoms in total. The Morgan fingerprint density at radius 1 is 1.20 bits per heavy atom. The number of rotatable bonds is 7. The zero-order chi connectivity index (χ0) is 26.0. The van der Waals surface area contributed by atoms with Crippen molar-refractivity contribution in [1.29, 1.82) is 0 Å². The van der Waals surface area contributed by atoms with E-state index >= 15 is 0 Å². The molecule has 1 aromatic heterocycles. The fraction of sp³-hybridized carbons (Fsp3) is 0.318. The SMILES string of the molecule is Cc1cc(N=S(C)(C)=O)cc2ncnc(Nc3ccc(F)cc3O[C@H](C)C(=O)NCC(F)(F)F)c12. The lowest BCUT2D eigenvalue weighted by atomic mass is 10.1. The van der Waals surface area contributed by atoms with Gasteiger partial charge < -0.3 is 15.4 Å². The third-order valence-corrected chi connectivity index (χ3v) is 5.23. The second-order valence-electron chi connectivity index (χ2n) is 8.01. The van der Waals surface area contributed by atoms with E-state index in [1.807, 2.05) is 0 Å². The molecule has 0 radical (unpaired) electrons. The third-order valence-electron chi connectivity index (χ3n) is 4.58. The van der Waals surface area contributed by atoms with Gasteiger partial charge in [0.05, 0.1) is 16.9 Å². The van der Waals surface area contributed by atoms with Crippen LogP contribution in [0.2, 0.25) is 0 Å². The number of anilines is 2. The maximum atomic E-state index is 13.9. The van der Waals surface area contributed by atoms with Crippen LogP contribution in [0, 0.1) is 12.7 Å². The number of aryl methyl sites for hydroxylation is 1. The molecule has 0 saturated heterocycles. The Labute approximate surface area is 199 Å². The normalized spacial score (nSPS) is 12.8. The van der Waals surface area contributed by atoms with Crippen LogP contribution in [0.4, 0.5) is 34.8 Å².